The summed E-state index contributed by atoms with van der Waals surface area (Å²) in [5.41, 5.74) is 4.62. The second-order valence-corrected chi connectivity index (χ2v) is 6.03. The lowest BCUT2D eigenvalue weighted by Gasteiger charge is -2.09. The number of amides is 2. The molecule has 0 aliphatic rings. The van der Waals surface area contributed by atoms with Crippen molar-refractivity contribution in [1.29, 1.82) is 0 Å². The molecule has 0 aliphatic carbocycles. The van der Waals surface area contributed by atoms with Crippen molar-refractivity contribution in [2.75, 3.05) is 10.6 Å². The summed E-state index contributed by atoms with van der Waals surface area (Å²) >= 11 is 0. The van der Waals surface area contributed by atoms with Gasteiger partial charge in [0.25, 0.3) is 11.8 Å². The third-order valence-electron chi connectivity index (χ3n) is 4.09. The highest BCUT2D eigenvalue weighted by molar-refractivity contribution is 6.05. The van der Waals surface area contributed by atoms with E-state index in [1.807, 2.05) is 26.0 Å². The van der Waals surface area contributed by atoms with Crippen LogP contribution in [0.25, 0.3) is 0 Å². The van der Waals surface area contributed by atoms with Gasteiger partial charge in [0, 0.05) is 29.3 Å². The minimum absolute atomic E-state index is 0.166. The molecular formula is C21H19N3O2. The third-order valence-corrected chi connectivity index (χ3v) is 4.09. The number of nitrogens with zero attached hydrogens (tertiary/aromatic N) is 1. The molecule has 0 spiro atoms. The van der Waals surface area contributed by atoms with Gasteiger partial charge < -0.3 is 10.6 Å². The highest BCUT2D eigenvalue weighted by Crippen LogP contribution is 2.16. The van der Waals surface area contributed by atoms with Crippen molar-refractivity contribution < 1.29 is 9.59 Å². The molecular weight excluding hydrogens is 326 g/mol. The Balaban J connectivity index is 1.65. The van der Waals surface area contributed by atoms with Crippen LogP contribution in [-0.2, 0) is 0 Å². The SMILES string of the molecule is Cc1ccc(C(=O)Nc2ccc(NC(=O)c3cccnc3)cc2)cc1C. The average molecular weight is 345 g/mol. The van der Waals surface area contributed by atoms with Gasteiger partial charge in [0.2, 0.25) is 0 Å². The number of anilines is 2. The lowest BCUT2D eigenvalue weighted by molar-refractivity contribution is 0.101. The predicted molar refractivity (Wildman–Crippen MR) is 103 cm³/mol. The molecule has 0 radical (unpaired) electrons. The normalized spacial score (nSPS) is 10.2. The van der Waals surface area contributed by atoms with E-state index in [4.69, 9.17) is 0 Å². The molecule has 0 unspecified atom stereocenters. The fraction of sp³-hybridized carbons (Fsp3) is 0.0952. The van der Waals surface area contributed by atoms with Crippen molar-refractivity contribution in [1.82, 2.24) is 4.98 Å². The van der Waals surface area contributed by atoms with Crippen molar-refractivity contribution in [3.63, 3.8) is 0 Å². The molecule has 0 aliphatic heterocycles. The molecule has 0 atom stereocenters. The van der Waals surface area contributed by atoms with Crippen LogP contribution in [-0.4, -0.2) is 16.8 Å². The molecule has 3 rings (SSSR count). The van der Waals surface area contributed by atoms with Crippen LogP contribution in [0, 0.1) is 13.8 Å². The molecule has 0 bridgehead atoms. The maximum atomic E-state index is 12.3. The Hall–Kier alpha value is -3.47. The van der Waals surface area contributed by atoms with E-state index in [-0.39, 0.29) is 11.8 Å². The zero-order valence-corrected chi connectivity index (χ0v) is 14.6. The molecule has 3 aromatic rings. The Labute approximate surface area is 152 Å². The minimum Gasteiger partial charge on any atom is -0.322 e. The lowest BCUT2D eigenvalue weighted by atomic mass is 10.1. The van der Waals surface area contributed by atoms with E-state index in [9.17, 15) is 9.59 Å². The molecule has 1 aromatic heterocycles. The Morgan fingerprint density at radius 3 is 1.92 bits per heavy atom. The van der Waals surface area contributed by atoms with E-state index in [1.54, 1.807) is 48.7 Å². The molecule has 2 aromatic carbocycles. The van der Waals surface area contributed by atoms with E-state index in [1.165, 1.54) is 6.20 Å². The Kier molecular flexibility index (Phi) is 5.08. The second-order valence-electron chi connectivity index (χ2n) is 6.03. The molecule has 5 nitrogen and oxygen atoms in total. The smallest absolute Gasteiger partial charge is 0.257 e. The molecule has 2 N–H and O–H groups in total. The topological polar surface area (TPSA) is 71.1 Å². The molecule has 0 saturated carbocycles. The number of benzene rings is 2. The number of aromatic nitrogens is 1. The first-order valence-electron chi connectivity index (χ1n) is 8.23. The monoisotopic (exact) mass is 345 g/mol. The number of rotatable bonds is 4. The van der Waals surface area contributed by atoms with Crippen LogP contribution in [0.15, 0.2) is 67.0 Å². The number of pyridine rings is 1. The first kappa shape index (κ1) is 17.4. The molecule has 130 valence electrons. The largest absolute Gasteiger partial charge is 0.322 e. The van der Waals surface area contributed by atoms with Gasteiger partial charge in [0.05, 0.1) is 5.56 Å². The summed E-state index contributed by atoms with van der Waals surface area (Å²) in [5.74, 6) is -0.398. The van der Waals surface area contributed by atoms with Gasteiger partial charge in [-0.3, -0.25) is 14.6 Å². The number of hydrogen-bond donors (Lipinski definition) is 2. The fourth-order valence-corrected chi connectivity index (χ4v) is 2.42. The molecule has 2 amide bonds. The van der Waals surface area contributed by atoms with Crippen LogP contribution in [0.2, 0.25) is 0 Å². The van der Waals surface area contributed by atoms with Gasteiger partial charge in [-0.1, -0.05) is 6.07 Å². The highest BCUT2D eigenvalue weighted by atomic mass is 16.2. The van der Waals surface area contributed by atoms with Crippen molar-refractivity contribution in [3.8, 4) is 0 Å². The number of hydrogen-bond acceptors (Lipinski definition) is 3. The Morgan fingerprint density at radius 1 is 0.769 bits per heavy atom. The van der Waals surface area contributed by atoms with Gasteiger partial charge in [0.15, 0.2) is 0 Å². The van der Waals surface area contributed by atoms with Gasteiger partial charge >= 0.3 is 0 Å². The summed E-state index contributed by atoms with van der Waals surface area (Å²) in [7, 11) is 0. The van der Waals surface area contributed by atoms with Crippen molar-refractivity contribution in [3.05, 3.63) is 89.2 Å². The highest BCUT2D eigenvalue weighted by Gasteiger charge is 2.08. The standard InChI is InChI=1S/C21H19N3O2/c1-14-5-6-16(12-15(14)2)20(25)23-18-7-9-19(10-8-18)24-21(26)17-4-3-11-22-13-17/h3-13H,1-2H3,(H,23,25)(H,24,26). The maximum absolute atomic E-state index is 12.3. The average Bonchev–Trinajstić information content (AvgIpc) is 2.66. The zero-order chi connectivity index (χ0) is 18.5. The van der Waals surface area contributed by atoms with Crippen molar-refractivity contribution in [2.45, 2.75) is 13.8 Å². The Bertz CT molecular complexity index is 935. The van der Waals surface area contributed by atoms with E-state index in [0.29, 0.717) is 22.5 Å². The second kappa shape index (κ2) is 7.61. The number of carbonyl (C=O) groups excluding carboxylic acids is 2. The van der Waals surface area contributed by atoms with Gasteiger partial charge in [-0.25, -0.2) is 0 Å². The summed E-state index contributed by atoms with van der Waals surface area (Å²) in [4.78, 5) is 28.4. The third kappa shape index (κ3) is 4.13. The van der Waals surface area contributed by atoms with E-state index < -0.39 is 0 Å². The summed E-state index contributed by atoms with van der Waals surface area (Å²) in [5, 5.41) is 5.65. The van der Waals surface area contributed by atoms with Crippen LogP contribution in [0.3, 0.4) is 0 Å². The predicted octanol–water partition coefficient (Wildman–Crippen LogP) is 4.20. The molecule has 26 heavy (non-hydrogen) atoms. The van der Waals surface area contributed by atoms with E-state index >= 15 is 0 Å². The molecule has 5 heteroatoms. The number of aryl methyl sites for hydroxylation is 2. The van der Waals surface area contributed by atoms with Crippen molar-refractivity contribution >= 4 is 23.2 Å². The van der Waals surface area contributed by atoms with Gasteiger partial charge in [0.1, 0.15) is 0 Å². The summed E-state index contributed by atoms with van der Waals surface area (Å²) in [6.07, 6.45) is 3.12. The number of nitrogens with one attached hydrogen (secondary N) is 2. The van der Waals surface area contributed by atoms with Crippen LogP contribution in [0.1, 0.15) is 31.8 Å². The van der Waals surface area contributed by atoms with Crippen LogP contribution in [0.5, 0.6) is 0 Å². The van der Waals surface area contributed by atoms with Gasteiger partial charge in [-0.2, -0.15) is 0 Å². The molecule has 0 fully saturated rings. The minimum atomic E-state index is -0.231. The zero-order valence-electron chi connectivity index (χ0n) is 14.6. The van der Waals surface area contributed by atoms with Crippen LogP contribution in [0.4, 0.5) is 11.4 Å². The van der Waals surface area contributed by atoms with Gasteiger partial charge in [-0.05, 0) is 73.5 Å². The molecule has 1 heterocycles. The lowest BCUT2D eigenvalue weighted by Crippen LogP contribution is -2.13. The first-order chi connectivity index (χ1) is 12.5. The summed E-state index contributed by atoms with van der Waals surface area (Å²) in [6, 6.07) is 16.0. The van der Waals surface area contributed by atoms with Crippen LogP contribution >= 0.6 is 0 Å². The first-order valence-corrected chi connectivity index (χ1v) is 8.23. The fourth-order valence-electron chi connectivity index (χ4n) is 2.42. The molecule has 0 saturated heterocycles. The summed E-state index contributed by atoms with van der Waals surface area (Å²) in [6.45, 7) is 3.99. The maximum Gasteiger partial charge on any atom is 0.257 e. The summed E-state index contributed by atoms with van der Waals surface area (Å²) < 4.78 is 0. The van der Waals surface area contributed by atoms with Crippen LogP contribution < -0.4 is 10.6 Å². The van der Waals surface area contributed by atoms with Gasteiger partial charge in [-0.15, -0.1) is 0 Å². The number of carbonyl (C=O) groups is 2. The van der Waals surface area contributed by atoms with E-state index in [2.05, 4.69) is 15.6 Å². The van der Waals surface area contributed by atoms with Crippen molar-refractivity contribution in [2.24, 2.45) is 0 Å². The van der Waals surface area contributed by atoms with E-state index in [0.717, 1.165) is 11.1 Å². The Morgan fingerprint density at radius 2 is 1.38 bits per heavy atom. The quantitative estimate of drug-likeness (QED) is 0.744.